The van der Waals surface area contributed by atoms with Gasteiger partial charge < -0.3 is 14.9 Å². The van der Waals surface area contributed by atoms with Crippen LogP contribution in [0.15, 0.2) is 4.52 Å². The first kappa shape index (κ1) is 11.2. The van der Waals surface area contributed by atoms with E-state index < -0.39 is 0 Å². The number of hydrogen-bond donors (Lipinski definition) is 2. The van der Waals surface area contributed by atoms with Crippen molar-refractivity contribution in [2.75, 3.05) is 6.54 Å². The molecule has 1 unspecified atom stereocenters. The molecule has 0 aliphatic rings. The molecule has 4 nitrogen and oxygen atoms in total. The van der Waals surface area contributed by atoms with Crippen molar-refractivity contribution in [1.82, 2.24) is 10.5 Å². The summed E-state index contributed by atoms with van der Waals surface area (Å²) in [6.45, 7) is 8.19. The van der Waals surface area contributed by atoms with Crippen LogP contribution in [-0.4, -0.2) is 22.9 Å². The van der Waals surface area contributed by atoms with Crippen LogP contribution in [0.4, 0.5) is 0 Å². The zero-order chi connectivity index (χ0) is 10.7. The van der Waals surface area contributed by atoms with Gasteiger partial charge >= 0.3 is 0 Å². The Labute approximate surface area is 84.3 Å². The van der Waals surface area contributed by atoms with Gasteiger partial charge in [-0.3, -0.25) is 0 Å². The van der Waals surface area contributed by atoms with Gasteiger partial charge in [0.15, 0.2) is 0 Å². The number of nitrogens with one attached hydrogen (secondary N) is 1. The first-order valence-electron chi connectivity index (χ1n) is 4.86. The van der Waals surface area contributed by atoms with Crippen LogP contribution >= 0.6 is 0 Å². The smallest absolute Gasteiger partial charge is 0.138 e. The van der Waals surface area contributed by atoms with Crippen LogP contribution < -0.4 is 5.32 Å². The second kappa shape index (κ2) is 4.57. The molecule has 0 saturated carbocycles. The zero-order valence-electron chi connectivity index (χ0n) is 9.16. The Morgan fingerprint density at radius 1 is 1.43 bits per heavy atom. The van der Waals surface area contributed by atoms with Gasteiger partial charge in [0, 0.05) is 18.2 Å². The Kier molecular flexibility index (Phi) is 3.66. The van der Waals surface area contributed by atoms with Gasteiger partial charge in [-0.1, -0.05) is 5.16 Å². The lowest BCUT2D eigenvalue weighted by Crippen LogP contribution is -2.27. The summed E-state index contributed by atoms with van der Waals surface area (Å²) in [5, 5.41) is 16.2. The molecular formula is C10H18N2O2. The molecule has 0 aliphatic heterocycles. The van der Waals surface area contributed by atoms with Crippen molar-refractivity contribution in [2.24, 2.45) is 0 Å². The fraction of sp³-hybridized carbons (Fsp3) is 0.700. The summed E-state index contributed by atoms with van der Waals surface area (Å²) in [6, 6.07) is 0.163. The molecule has 2 atom stereocenters. The Hall–Kier alpha value is -0.870. The Balaban J connectivity index is 2.64. The highest BCUT2D eigenvalue weighted by Crippen LogP contribution is 2.20. The highest BCUT2D eigenvalue weighted by Gasteiger charge is 2.15. The molecule has 2 N–H and O–H groups in total. The van der Waals surface area contributed by atoms with Crippen molar-refractivity contribution >= 4 is 0 Å². The van der Waals surface area contributed by atoms with Crippen molar-refractivity contribution in [3.05, 3.63) is 17.0 Å². The lowest BCUT2D eigenvalue weighted by Gasteiger charge is -2.14. The van der Waals surface area contributed by atoms with Gasteiger partial charge in [-0.25, -0.2) is 0 Å². The first-order chi connectivity index (χ1) is 6.52. The van der Waals surface area contributed by atoms with E-state index in [-0.39, 0.29) is 12.1 Å². The number of aromatic nitrogens is 1. The molecule has 1 rings (SSSR count). The maximum absolute atomic E-state index is 9.14. The Bertz CT molecular complexity index is 275. The largest absolute Gasteiger partial charge is 0.392 e. The predicted octanol–water partition coefficient (Wildman–Crippen LogP) is 1.32. The molecule has 1 aromatic heterocycles. The highest BCUT2D eigenvalue weighted by molar-refractivity contribution is 5.24. The van der Waals surface area contributed by atoms with Gasteiger partial charge in [-0.15, -0.1) is 0 Å². The lowest BCUT2D eigenvalue weighted by molar-refractivity contribution is 0.187. The van der Waals surface area contributed by atoms with Crippen molar-refractivity contribution < 1.29 is 9.63 Å². The molecule has 1 heterocycles. The average Bonchev–Trinajstić information content (AvgIpc) is 2.42. The van der Waals surface area contributed by atoms with Crippen LogP contribution in [0, 0.1) is 13.8 Å². The molecule has 0 fully saturated rings. The van der Waals surface area contributed by atoms with Crippen molar-refractivity contribution in [1.29, 1.82) is 0 Å². The van der Waals surface area contributed by atoms with Gasteiger partial charge in [0.1, 0.15) is 5.76 Å². The highest BCUT2D eigenvalue weighted by atomic mass is 16.5. The number of rotatable bonds is 4. The fourth-order valence-electron chi connectivity index (χ4n) is 1.56. The summed E-state index contributed by atoms with van der Waals surface area (Å²) < 4.78 is 5.07. The number of nitrogens with zero attached hydrogens (tertiary/aromatic N) is 1. The molecular weight excluding hydrogens is 180 g/mol. The Morgan fingerprint density at radius 2 is 2.07 bits per heavy atom. The lowest BCUT2D eigenvalue weighted by atomic mass is 10.1. The molecule has 0 aromatic carbocycles. The zero-order valence-corrected chi connectivity index (χ0v) is 9.16. The minimum absolute atomic E-state index is 0.163. The van der Waals surface area contributed by atoms with Crippen molar-refractivity contribution in [3.63, 3.8) is 0 Å². The summed E-state index contributed by atoms with van der Waals surface area (Å²) in [6.07, 6.45) is -0.335. The minimum Gasteiger partial charge on any atom is -0.392 e. The third-order valence-corrected chi connectivity index (χ3v) is 2.24. The molecule has 0 aliphatic carbocycles. The molecule has 1 aromatic rings. The third kappa shape index (κ3) is 2.56. The van der Waals surface area contributed by atoms with Gasteiger partial charge in [0.2, 0.25) is 0 Å². The Morgan fingerprint density at radius 3 is 2.50 bits per heavy atom. The first-order valence-corrected chi connectivity index (χ1v) is 4.86. The van der Waals surface area contributed by atoms with Gasteiger partial charge in [-0.05, 0) is 27.7 Å². The molecule has 4 heteroatoms. The van der Waals surface area contributed by atoms with E-state index in [9.17, 15) is 0 Å². The standard InChI is InChI=1S/C10H18N2O2/c1-6(13)5-11-7(2)10-8(3)12-14-9(10)4/h6-7,11,13H,5H2,1-4H3/t6-,7?/m0/s1. The minimum atomic E-state index is -0.335. The van der Waals surface area contributed by atoms with Crippen LogP contribution in [0.25, 0.3) is 0 Å². The number of hydrogen-bond acceptors (Lipinski definition) is 4. The van der Waals surface area contributed by atoms with E-state index >= 15 is 0 Å². The van der Waals surface area contributed by atoms with Crippen LogP contribution in [0.1, 0.15) is 36.9 Å². The van der Waals surface area contributed by atoms with Crippen LogP contribution in [0.3, 0.4) is 0 Å². The third-order valence-electron chi connectivity index (χ3n) is 2.24. The SMILES string of the molecule is Cc1noc(C)c1C(C)NC[C@H](C)O. The molecule has 0 spiro atoms. The fourth-order valence-corrected chi connectivity index (χ4v) is 1.56. The van der Waals surface area contributed by atoms with E-state index in [0.717, 1.165) is 17.0 Å². The quantitative estimate of drug-likeness (QED) is 0.766. The maximum atomic E-state index is 9.14. The summed E-state index contributed by atoms with van der Waals surface area (Å²) in [5.74, 6) is 0.841. The molecule has 80 valence electrons. The van der Waals surface area contributed by atoms with E-state index in [1.54, 1.807) is 6.92 Å². The molecule has 0 amide bonds. The normalized spacial score (nSPS) is 15.5. The van der Waals surface area contributed by atoms with Crippen molar-refractivity contribution in [2.45, 2.75) is 39.8 Å². The summed E-state index contributed by atoms with van der Waals surface area (Å²) >= 11 is 0. The summed E-state index contributed by atoms with van der Waals surface area (Å²) in [7, 11) is 0. The van der Waals surface area contributed by atoms with Gasteiger partial charge in [0.25, 0.3) is 0 Å². The van der Waals surface area contributed by atoms with Crippen LogP contribution in [0.2, 0.25) is 0 Å². The molecule has 0 bridgehead atoms. The van der Waals surface area contributed by atoms with E-state index in [0.29, 0.717) is 6.54 Å². The van der Waals surface area contributed by atoms with E-state index in [1.165, 1.54) is 0 Å². The second-order valence-electron chi connectivity index (χ2n) is 3.72. The average molecular weight is 198 g/mol. The van der Waals surface area contributed by atoms with Crippen LogP contribution in [0.5, 0.6) is 0 Å². The molecule has 14 heavy (non-hydrogen) atoms. The second-order valence-corrected chi connectivity index (χ2v) is 3.72. The molecule has 0 saturated heterocycles. The summed E-state index contributed by atoms with van der Waals surface area (Å²) in [5.41, 5.74) is 2.00. The topological polar surface area (TPSA) is 58.3 Å². The van der Waals surface area contributed by atoms with E-state index in [1.807, 2.05) is 20.8 Å². The number of aliphatic hydroxyl groups is 1. The van der Waals surface area contributed by atoms with E-state index in [2.05, 4.69) is 10.5 Å². The monoisotopic (exact) mass is 198 g/mol. The van der Waals surface area contributed by atoms with Gasteiger partial charge in [-0.2, -0.15) is 0 Å². The van der Waals surface area contributed by atoms with Crippen molar-refractivity contribution in [3.8, 4) is 0 Å². The van der Waals surface area contributed by atoms with Crippen LogP contribution in [-0.2, 0) is 0 Å². The molecule has 0 radical (unpaired) electrons. The predicted molar refractivity (Wildman–Crippen MR) is 54.1 cm³/mol. The number of aryl methyl sites for hydroxylation is 2. The van der Waals surface area contributed by atoms with Gasteiger partial charge in [0.05, 0.1) is 11.8 Å². The number of aliphatic hydroxyl groups excluding tert-OH is 1. The summed E-state index contributed by atoms with van der Waals surface area (Å²) in [4.78, 5) is 0. The van der Waals surface area contributed by atoms with E-state index in [4.69, 9.17) is 9.63 Å². The maximum Gasteiger partial charge on any atom is 0.138 e.